The number of hydrogen-bond acceptors (Lipinski definition) is 6. The molecule has 32 heavy (non-hydrogen) atoms. The molecular weight excluding hydrogens is 408 g/mol. The number of hydrogen-bond donors (Lipinski definition) is 1. The van der Waals surface area contributed by atoms with Crippen LogP contribution in [-0.4, -0.2) is 43.0 Å². The lowest BCUT2D eigenvalue weighted by Crippen LogP contribution is -2.22. The maximum Gasteiger partial charge on any atom is 0.339 e. The molecule has 1 amide bonds. The van der Waals surface area contributed by atoms with Gasteiger partial charge in [0.2, 0.25) is 0 Å². The van der Waals surface area contributed by atoms with Crippen LogP contribution in [0.3, 0.4) is 0 Å². The molecule has 4 rings (SSSR count). The third kappa shape index (κ3) is 4.09. The molecule has 0 unspecified atom stereocenters. The standard InChI is InChI=1S/C23H24N6O3/c1-13-6-8-17(9-7-13)29-19(11-15(3)26-29)25-20(30)12-32-23(31)18-10-14(2)24-22-21(18)16(4)27-28(22)5/h6-11H,12H2,1-5H3,(H,25,30). The average Bonchev–Trinajstić information content (AvgIpc) is 3.24. The Hall–Kier alpha value is -4.01. The van der Waals surface area contributed by atoms with E-state index in [9.17, 15) is 9.59 Å². The number of rotatable bonds is 5. The maximum absolute atomic E-state index is 12.8. The van der Waals surface area contributed by atoms with Crippen molar-refractivity contribution in [2.45, 2.75) is 27.7 Å². The van der Waals surface area contributed by atoms with Gasteiger partial charge in [0, 0.05) is 18.8 Å². The first kappa shape index (κ1) is 21.2. The van der Waals surface area contributed by atoms with Crippen molar-refractivity contribution in [2.75, 3.05) is 11.9 Å². The number of esters is 1. The largest absolute Gasteiger partial charge is 0.452 e. The molecule has 0 aliphatic rings. The Bertz CT molecular complexity index is 1330. The lowest BCUT2D eigenvalue weighted by molar-refractivity contribution is -0.119. The second-order valence-corrected chi connectivity index (χ2v) is 7.76. The minimum absolute atomic E-state index is 0.339. The number of aryl methyl sites for hydroxylation is 5. The molecule has 0 spiro atoms. The number of carbonyl (C=O) groups is 2. The van der Waals surface area contributed by atoms with Gasteiger partial charge in [-0.3, -0.25) is 9.48 Å². The molecule has 0 atom stereocenters. The summed E-state index contributed by atoms with van der Waals surface area (Å²) in [6.07, 6.45) is 0. The molecule has 0 saturated carbocycles. The number of pyridine rings is 1. The summed E-state index contributed by atoms with van der Waals surface area (Å²) in [5.74, 6) is -0.566. The fourth-order valence-corrected chi connectivity index (χ4v) is 3.59. The van der Waals surface area contributed by atoms with Crippen LogP contribution in [0.25, 0.3) is 16.7 Å². The van der Waals surface area contributed by atoms with E-state index < -0.39 is 18.5 Å². The fraction of sp³-hybridized carbons (Fsp3) is 0.261. The lowest BCUT2D eigenvalue weighted by Gasteiger charge is -2.10. The predicted octanol–water partition coefficient (Wildman–Crippen LogP) is 3.18. The van der Waals surface area contributed by atoms with Gasteiger partial charge in [0.15, 0.2) is 12.3 Å². The summed E-state index contributed by atoms with van der Waals surface area (Å²) in [5.41, 5.74) is 4.96. The van der Waals surface area contributed by atoms with Crippen LogP contribution in [0.2, 0.25) is 0 Å². The summed E-state index contributed by atoms with van der Waals surface area (Å²) < 4.78 is 8.57. The first-order valence-corrected chi connectivity index (χ1v) is 10.1. The molecule has 3 heterocycles. The van der Waals surface area contributed by atoms with Gasteiger partial charge in [0.1, 0.15) is 5.82 Å². The molecule has 164 valence electrons. The second-order valence-electron chi connectivity index (χ2n) is 7.76. The molecular formula is C23H24N6O3. The van der Waals surface area contributed by atoms with E-state index in [1.54, 1.807) is 42.4 Å². The van der Waals surface area contributed by atoms with Crippen molar-refractivity contribution in [2.24, 2.45) is 7.05 Å². The predicted molar refractivity (Wildman–Crippen MR) is 120 cm³/mol. The van der Waals surface area contributed by atoms with Gasteiger partial charge >= 0.3 is 5.97 Å². The van der Waals surface area contributed by atoms with Gasteiger partial charge in [-0.2, -0.15) is 10.2 Å². The molecule has 0 fully saturated rings. The Morgan fingerprint density at radius 2 is 1.72 bits per heavy atom. The number of nitrogens with zero attached hydrogens (tertiary/aromatic N) is 5. The van der Waals surface area contributed by atoms with Crippen molar-refractivity contribution in [1.82, 2.24) is 24.5 Å². The van der Waals surface area contributed by atoms with E-state index in [-0.39, 0.29) is 0 Å². The fourth-order valence-electron chi connectivity index (χ4n) is 3.59. The van der Waals surface area contributed by atoms with Crippen LogP contribution in [0.4, 0.5) is 5.82 Å². The van der Waals surface area contributed by atoms with Crippen LogP contribution < -0.4 is 5.32 Å². The van der Waals surface area contributed by atoms with E-state index in [2.05, 4.69) is 20.5 Å². The highest BCUT2D eigenvalue weighted by atomic mass is 16.5. The summed E-state index contributed by atoms with van der Waals surface area (Å²) in [5, 5.41) is 12.2. The number of anilines is 1. The normalized spacial score (nSPS) is 11.0. The van der Waals surface area contributed by atoms with Gasteiger partial charge < -0.3 is 10.1 Å². The SMILES string of the molecule is Cc1ccc(-n2nc(C)cc2NC(=O)COC(=O)c2cc(C)nc3c2c(C)nn3C)cc1. The topological polar surface area (TPSA) is 104 Å². The Kier molecular flexibility index (Phi) is 5.48. The summed E-state index contributed by atoms with van der Waals surface area (Å²) in [4.78, 5) is 29.7. The van der Waals surface area contributed by atoms with Gasteiger partial charge in [0.25, 0.3) is 5.91 Å². The molecule has 0 saturated heterocycles. The van der Waals surface area contributed by atoms with Crippen LogP contribution in [-0.2, 0) is 16.6 Å². The van der Waals surface area contributed by atoms with Crippen LogP contribution in [0.15, 0.2) is 36.4 Å². The molecule has 4 aromatic rings. The molecule has 0 aliphatic carbocycles. The zero-order valence-electron chi connectivity index (χ0n) is 18.6. The number of amides is 1. The van der Waals surface area contributed by atoms with E-state index in [1.807, 2.05) is 38.1 Å². The molecule has 1 aromatic carbocycles. The summed E-state index contributed by atoms with van der Waals surface area (Å²) in [6.45, 7) is 7.00. The zero-order valence-corrected chi connectivity index (χ0v) is 18.6. The number of fused-ring (bicyclic) bond motifs is 1. The Balaban J connectivity index is 1.49. The number of aromatic nitrogens is 5. The van der Waals surface area contributed by atoms with Gasteiger partial charge in [0.05, 0.1) is 28.0 Å². The molecule has 3 aromatic heterocycles. The van der Waals surface area contributed by atoms with E-state index in [1.165, 1.54) is 0 Å². The highest BCUT2D eigenvalue weighted by Crippen LogP contribution is 2.22. The first-order valence-electron chi connectivity index (χ1n) is 10.1. The lowest BCUT2D eigenvalue weighted by atomic mass is 10.1. The highest BCUT2D eigenvalue weighted by Gasteiger charge is 2.20. The quantitative estimate of drug-likeness (QED) is 0.486. The molecule has 0 aliphatic heterocycles. The molecule has 0 radical (unpaired) electrons. The van der Waals surface area contributed by atoms with Crippen LogP contribution in [0.5, 0.6) is 0 Å². The van der Waals surface area contributed by atoms with E-state index >= 15 is 0 Å². The average molecular weight is 432 g/mol. The van der Waals surface area contributed by atoms with Crippen LogP contribution in [0.1, 0.15) is 33.0 Å². The minimum Gasteiger partial charge on any atom is -0.452 e. The molecule has 9 nitrogen and oxygen atoms in total. The minimum atomic E-state index is -0.602. The van der Waals surface area contributed by atoms with Crippen LogP contribution >= 0.6 is 0 Å². The molecule has 0 bridgehead atoms. The van der Waals surface area contributed by atoms with Crippen molar-refractivity contribution in [3.8, 4) is 5.69 Å². The number of ether oxygens (including phenoxy) is 1. The Morgan fingerprint density at radius 1 is 1.00 bits per heavy atom. The van der Waals surface area contributed by atoms with E-state index in [0.717, 1.165) is 16.9 Å². The van der Waals surface area contributed by atoms with Crippen molar-refractivity contribution in [1.29, 1.82) is 0 Å². The van der Waals surface area contributed by atoms with Crippen LogP contribution in [0, 0.1) is 27.7 Å². The third-order valence-electron chi connectivity index (χ3n) is 5.03. The molecule has 9 heteroatoms. The molecule has 1 N–H and O–H groups in total. The van der Waals surface area contributed by atoms with Crippen molar-refractivity contribution < 1.29 is 14.3 Å². The van der Waals surface area contributed by atoms with Gasteiger partial charge in [-0.25, -0.2) is 14.5 Å². The van der Waals surface area contributed by atoms with Crippen molar-refractivity contribution in [3.63, 3.8) is 0 Å². The van der Waals surface area contributed by atoms with Gasteiger partial charge in [-0.05, 0) is 45.9 Å². The van der Waals surface area contributed by atoms with E-state index in [4.69, 9.17) is 4.74 Å². The second kappa shape index (κ2) is 8.26. The van der Waals surface area contributed by atoms with Gasteiger partial charge in [-0.15, -0.1) is 0 Å². The maximum atomic E-state index is 12.8. The smallest absolute Gasteiger partial charge is 0.339 e. The summed E-state index contributed by atoms with van der Waals surface area (Å²) in [6, 6.07) is 11.2. The number of nitrogens with one attached hydrogen (secondary N) is 1. The highest BCUT2D eigenvalue weighted by molar-refractivity contribution is 6.04. The zero-order chi connectivity index (χ0) is 23.0. The summed E-state index contributed by atoms with van der Waals surface area (Å²) in [7, 11) is 1.77. The monoisotopic (exact) mass is 432 g/mol. The Morgan fingerprint density at radius 3 is 2.44 bits per heavy atom. The van der Waals surface area contributed by atoms with Gasteiger partial charge in [-0.1, -0.05) is 17.7 Å². The first-order chi connectivity index (χ1) is 15.2. The number of benzene rings is 1. The van der Waals surface area contributed by atoms with Crippen molar-refractivity contribution >= 4 is 28.7 Å². The third-order valence-corrected chi connectivity index (χ3v) is 5.03. The van der Waals surface area contributed by atoms with Crippen molar-refractivity contribution in [3.05, 3.63) is 64.6 Å². The summed E-state index contributed by atoms with van der Waals surface area (Å²) >= 11 is 0. The van der Waals surface area contributed by atoms with E-state index in [0.29, 0.717) is 33.8 Å². The number of carbonyl (C=O) groups excluding carboxylic acids is 2. The Labute approximate surface area is 185 Å².